The van der Waals surface area contributed by atoms with Gasteiger partial charge in [0.15, 0.2) is 0 Å². The fraction of sp³-hybridized carbons (Fsp3) is 0.381. The molecule has 1 saturated heterocycles. The first-order valence-corrected chi connectivity index (χ1v) is 9.37. The first-order chi connectivity index (χ1) is 12.7. The Balaban J connectivity index is 1.31. The van der Waals surface area contributed by atoms with Crippen molar-refractivity contribution in [3.63, 3.8) is 0 Å². The molecule has 0 bridgehead atoms. The van der Waals surface area contributed by atoms with E-state index in [4.69, 9.17) is 4.98 Å². The molecule has 132 valence electrons. The highest BCUT2D eigenvalue weighted by atomic mass is 16.1. The van der Waals surface area contributed by atoms with E-state index >= 15 is 0 Å². The molecule has 2 aromatic heterocycles. The number of rotatable bonds is 4. The molecule has 0 atom stereocenters. The number of para-hydroxylation sites is 1. The van der Waals surface area contributed by atoms with Gasteiger partial charge >= 0.3 is 0 Å². The maximum absolute atomic E-state index is 12.1. The minimum atomic E-state index is 0.00697. The fourth-order valence-electron chi connectivity index (χ4n) is 3.80. The van der Waals surface area contributed by atoms with Crippen LogP contribution in [0.2, 0.25) is 0 Å². The molecule has 1 aromatic carbocycles. The molecular formula is C21H22N4O. The van der Waals surface area contributed by atoms with Gasteiger partial charge in [-0.05, 0) is 43.5 Å². The van der Waals surface area contributed by atoms with Gasteiger partial charge in [-0.1, -0.05) is 18.2 Å². The van der Waals surface area contributed by atoms with Crippen molar-refractivity contribution in [1.82, 2.24) is 14.8 Å². The molecule has 1 saturated carbocycles. The van der Waals surface area contributed by atoms with E-state index in [1.54, 1.807) is 10.7 Å². The number of aromatic nitrogens is 3. The summed E-state index contributed by atoms with van der Waals surface area (Å²) in [5.74, 6) is 2.05. The van der Waals surface area contributed by atoms with E-state index < -0.39 is 0 Å². The molecule has 3 aromatic rings. The van der Waals surface area contributed by atoms with Crippen LogP contribution < -0.4 is 10.5 Å². The van der Waals surface area contributed by atoms with Crippen molar-refractivity contribution in [3.8, 4) is 0 Å². The van der Waals surface area contributed by atoms with E-state index in [1.807, 2.05) is 12.1 Å². The van der Waals surface area contributed by atoms with E-state index in [-0.39, 0.29) is 5.56 Å². The van der Waals surface area contributed by atoms with Crippen LogP contribution in [0, 0.1) is 12.8 Å². The number of pyridine rings is 1. The van der Waals surface area contributed by atoms with Gasteiger partial charge < -0.3 is 4.90 Å². The zero-order chi connectivity index (χ0) is 17.7. The standard InChI is InChI=1S/C21H22N4O/c1-14-10-20(22-19-5-3-2-4-17(14)19)24-11-15(12-24)13-25-21(26)9-8-18(23-25)16-6-7-16/h2-5,8-10,15-16H,6-7,11-13H2,1H3. The molecule has 0 amide bonds. The van der Waals surface area contributed by atoms with Crippen LogP contribution in [-0.2, 0) is 6.54 Å². The number of anilines is 1. The van der Waals surface area contributed by atoms with Gasteiger partial charge in [-0.3, -0.25) is 4.79 Å². The van der Waals surface area contributed by atoms with E-state index in [9.17, 15) is 4.79 Å². The Labute approximate surface area is 152 Å². The van der Waals surface area contributed by atoms with Crippen molar-refractivity contribution >= 4 is 16.7 Å². The summed E-state index contributed by atoms with van der Waals surface area (Å²) >= 11 is 0. The number of fused-ring (bicyclic) bond motifs is 1. The molecule has 2 aliphatic rings. The van der Waals surface area contributed by atoms with Gasteiger partial charge in [-0.2, -0.15) is 5.10 Å². The average molecular weight is 346 g/mol. The van der Waals surface area contributed by atoms with Gasteiger partial charge in [0, 0.05) is 36.4 Å². The zero-order valence-corrected chi connectivity index (χ0v) is 14.9. The van der Waals surface area contributed by atoms with Gasteiger partial charge in [0.05, 0.1) is 17.8 Å². The highest BCUT2D eigenvalue weighted by Crippen LogP contribution is 2.38. The molecule has 2 fully saturated rings. The summed E-state index contributed by atoms with van der Waals surface area (Å²) in [6.45, 7) is 4.68. The van der Waals surface area contributed by atoms with Gasteiger partial charge in [-0.15, -0.1) is 0 Å². The zero-order valence-electron chi connectivity index (χ0n) is 14.9. The molecule has 0 spiro atoms. The summed E-state index contributed by atoms with van der Waals surface area (Å²) in [6.07, 6.45) is 2.41. The first-order valence-electron chi connectivity index (χ1n) is 9.37. The summed E-state index contributed by atoms with van der Waals surface area (Å²) in [5, 5.41) is 5.79. The van der Waals surface area contributed by atoms with Crippen LogP contribution in [0.4, 0.5) is 5.82 Å². The largest absolute Gasteiger partial charge is 0.356 e. The molecule has 1 aliphatic heterocycles. The Morgan fingerprint density at radius 1 is 1.12 bits per heavy atom. The molecular weight excluding hydrogens is 324 g/mol. The molecule has 0 N–H and O–H groups in total. The third-order valence-corrected chi connectivity index (χ3v) is 5.50. The van der Waals surface area contributed by atoms with Crippen molar-refractivity contribution in [2.75, 3.05) is 18.0 Å². The third kappa shape index (κ3) is 2.77. The first kappa shape index (κ1) is 15.6. The monoisotopic (exact) mass is 346 g/mol. The predicted molar refractivity (Wildman–Crippen MR) is 103 cm³/mol. The van der Waals surface area contributed by atoms with Crippen molar-refractivity contribution in [3.05, 3.63) is 64.1 Å². The second-order valence-electron chi connectivity index (χ2n) is 7.64. The minimum Gasteiger partial charge on any atom is -0.356 e. The van der Waals surface area contributed by atoms with Crippen molar-refractivity contribution in [1.29, 1.82) is 0 Å². The van der Waals surface area contributed by atoms with E-state index in [0.29, 0.717) is 18.4 Å². The lowest BCUT2D eigenvalue weighted by atomic mass is 9.99. The van der Waals surface area contributed by atoms with E-state index in [2.05, 4.69) is 41.2 Å². The number of hydrogen-bond donors (Lipinski definition) is 0. The molecule has 3 heterocycles. The molecule has 5 nitrogen and oxygen atoms in total. The second-order valence-corrected chi connectivity index (χ2v) is 7.64. The normalized spacial score (nSPS) is 17.5. The summed E-state index contributed by atoms with van der Waals surface area (Å²) < 4.78 is 1.66. The van der Waals surface area contributed by atoms with Crippen molar-refractivity contribution in [2.24, 2.45) is 5.92 Å². The maximum Gasteiger partial charge on any atom is 0.266 e. The Morgan fingerprint density at radius 2 is 1.92 bits per heavy atom. The molecule has 0 unspecified atom stereocenters. The lowest BCUT2D eigenvalue weighted by Crippen LogP contribution is -2.50. The Bertz CT molecular complexity index is 1030. The topological polar surface area (TPSA) is 51.0 Å². The SMILES string of the molecule is Cc1cc(N2CC(Cn3nc(C4CC4)ccc3=O)C2)nc2ccccc12. The van der Waals surface area contributed by atoms with Gasteiger partial charge in [0.2, 0.25) is 0 Å². The molecule has 5 heteroatoms. The van der Waals surface area contributed by atoms with E-state index in [1.165, 1.54) is 23.8 Å². The Morgan fingerprint density at radius 3 is 2.73 bits per heavy atom. The van der Waals surface area contributed by atoms with Crippen LogP contribution in [0.5, 0.6) is 0 Å². The third-order valence-electron chi connectivity index (χ3n) is 5.50. The Hall–Kier alpha value is -2.69. The molecule has 1 aliphatic carbocycles. The van der Waals surface area contributed by atoms with Gasteiger partial charge in [-0.25, -0.2) is 9.67 Å². The number of aryl methyl sites for hydroxylation is 1. The predicted octanol–water partition coefficient (Wildman–Crippen LogP) is 3.11. The molecule has 26 heavy (non-hydrogen) atoms. The maximum atomic E-state index is 12.1. The quantitative estimate of drug-likeness (QED) is 0.728. The lowest BCUT2D eigenvalue weighted by Gasteiger charge is -2.40. The summed E-state index contributed by atoms with van der Waals surface area (Å²) in [5.41, 5.74) is 3.38. The number of hydrogen-bond acceptors (Lipinski definition) is 4. The van der Waals surface area contributed by atoms with Crippen LogP contribution in [-0.4, -0.2) is 27.9 Å². The summed E-state index contributed by atoms with van der Waals surface area (Å²) in [6, 6.07) is 14.0. The lowest BCUT2D eigenvalue weighted by molar-refractivity contribution is 0.331. The number of nitrogens with zero attached hydrogens (tertiary/aromatic N) is 4. The van der Waals surface area contributed by atoms with Crippen LogP contribution >= 0.6 is 0 Å². The fourth-order valence-corrected chi connectivity index (χ4v) is 3.80. The summed E-state index contributed by atoms with van der Waals surface area (Å²) in [7, 11) is 0. The van der Waals surface area contributed by atoms with Crippen LogP contribution in [0.1, 0.15) is 30.0 Å². The van der Waals surface area contributed by atoms with E-state index in [0.717, 1.165) is 30.1 Å². The van der Waals surface area contributed by atoms with Crippen molar-refractivity contribution in [2.45, 2.75) is 32.2 Å². The van der Waals surface area contributed by atoms with Gasteiger partial charge in [0.1, 0.15) is 5.82 Å². The van der Waals surface area contributed by atoms with Crippen LogP contribution in [0.3, 0.4) is 0 Å². The molecule has 5 rings (SSSR count). The Kier molecular flexibility index (Phi) is 3.55. The summed E-state index contributed by atoms with van der Waals surface area (Å²) in [4.78, 5) is 19.2. The average Bonchev–Trinajstić information content (AvgIpc) is 3.44. The minimum absolute atomic E-state index is 0.00697. The highest BCUT2D eigenvalue weighted by Gasteiger charge is 2.30. The highest BCUT2D eigenvalue weighted by molar-refractivity contribution is 5.83. The smallest absolute Gasteiger partial charge is 0.266 e. The number of benzene rings is 1. The molecule has 0 radical (unpaired) electrons. The van der Waals surface area contributed by atoms with Crippen LogP contribution in [0.15, 0.2) is 47.3 Å². The van der Waals surface area contributed by atoms with Gasteiger partial charge in [0.25, 0.3) is 5.56 Å². The van der Waals surface area contributed by atoms with Crippen LogP contribution in [0.25, 0.3) is 10.9 Å². The van der Waals surface area contributed by atoms with Crippen molar-refractivity contribution < 1.29 is 0 Å². The second kappa shape index (κ2) is 5.94.